The van der Waals surface area contributed by atoms with Crippen molar-refractivity contribution < 1.29 is 15.0 Å². The molecule has 2 atom stereocenters. The number of carbonyl (C=O) groups is 1. The lowest BCUT2D eigenvalue weighted by atomic mass is 10.0. The molecule has 4 heteroatoms. The van der Waals surface area contributed by atoms with E-state index in [0.717, 1.165) is 25.7 Å². The van der Waals surface area contributed by atoms with E-state index in [1.54, 1.807) is 6.08 Å². The molecule has 0 bridgehead atoms. The second-order valence-corrected chi connectivity index (χ2v) is 14.8. The fraction of sp³-hybridized carbons (Fsp3) is 0.930. The summed E-state index contributed by atoms with van der Waals surface area (Å²) in [4.78, 5) is 12.4. The van der Waals surface area contributed by atoms with Crippen LogP contribution >= 0.6 is 0 Å². The summed E-state index contributed by atoms with van der Waals surface area (Å²) in [5.41, 5.74) is 0. The van der Waals surface area contributed by atoms with Crippen LogP contribution < -0.4 is 5.32 Å². The molecule has 0 radical (unpaired) electrons. The van der Waals surface area contributed by atoms with Crippen molar-refractivity contribution in [3.05, 3.63) is 12.2 Å². The van der Waals surface area contributed by atoms with Gasteiger partial charge in [-0.25, -0.2) is 0 Å². The van der Waals surface area contributed by atoms with Crippen molar-refractivity contribution in [2.45, 2.75) is 251 Å². The van der Waals surface area contributed by atoms with Gasteiger partial charge in [-0.3, -0.25) is 4.79 Å². The molecule has 0 heterocycles. The van der Waals surface area contributed by atoms with Crippen molar-refractivity contribution >= 4 is 5.91 Å². The molecular weight excluding hydrogens is 578 g/mol. The fourth-order valence-electron chi connectivity index (χ4n) is 6.71. The van der Waals surface area contributed by atoms with Gasteiger partial charge in [-0.15, -0.1) is 0 Å². The predicted octanol–water partition coefficient (Wildman–Crippen LogP) is 13.1. The van der Waals surface area contributed by atoms with E-state index in [4.69, 9.17) is 0 Å². The van der Waals surface area contributed by atoms with Crippen molar-refractivity contribution in [3.8, 4) is 0 Å². The second-order valence-electron chi connectivity index (χ2n) is 14.8. The first kappa shape index (κ1) is 46.1. The average Bonchev–Trinajstić information content (AvgIpc) is 3.07. The summed E-state index contributed by atoms with van der Waals surface area (Å²) in [5, 5.41) is 23.0. The third-order valence-electron chi connectivity index (χ3n) is 10.0. The Hall–Kier alpha value is -0.870. The number of hydrogen-bond acceptors (Lipinski definition) is 3. The summed E-state index contributed by atoms with van der Waals surface area (Å²) in [6, 6.07) is -0.615. The first-order chi connectivity index (χ1) is 23.2. The van der Waals surface area contributed by atoms with Gasteiger partial charge in [-0.1, -0.05) is 225 Å². The van der Waals surface area contributed by atoms with E-state index in [0.29, 0.717) is 6.42 Å². The Labute approximate surface area is 295 Å². The number of carbonyl (C=O) groups excluding carboxylic acids is 1. The quantitative estimate of drug-likeness (QED) is 0.0453. The zero-order valence-corrected chi connectivity index (χ0v) is 32.1. The Morgan fingerprint density at radius 2 is 0.787 bits per heavy atom. The van der Waals surface area contributed by atoms with Gasteiger partial charge in [0.25, 0.3) is 0 Å². The van der Waals surface area contributed by atoms with E-state index in [-0.39, 0.29) is 12.5 Å². The molecule has 0 aliphatic rings. The van der Waals surface area contributed by atoms with Crippen molar-refractivity contribution in [3.63, 3.8) is 0 Å². The van der Waals surface area contributed by atoms with Crippen molar-refractivity contribution in [1.29, 1.82) is 0 Å². The number of unbranched alkanes of at least 4 members (excludes halogenated alkanes) is 32. The number of hydrogen-bond donors (Lipinski definition) is 3. The summed E-state index contributed by atoms with van der Waals surface area (Å²) in [6.07, 6.45) is 48.8. The van der Waals surface area contributed by atoms with E-state index in [1.807, 2.05) is 6.08 Å². The van der Waals surface area contributed by atoms with Crippen LogP contribution in [0.5, 0.6) is 0 Å². The van der Waals surface area contributed by atoms with Crippen LogP contribution in [0.4, 0.5) is 0 Å². The number of aliphatic hydroxyl groups is 2. The lowest BCUT2D eigenvalue weighted by Crippen LogP contribution is -2.45. The van der Waals surface area contributed by atoms with Gasteiger partial charge in [-0.05, 0) is 19.3 Å². The summed E-state index contributed by atoms with van der Waals surface area (Å²) < 4.78 is 0. The van der Waals surface area contributed by atoms with Gasteiger partial charge in [0.1, 0.15) is 0 Å². The lowest BCUT2D eigenvalue weighted by molar-refractivity contribution is -0.123. The summed E-state index contributed by atoms with van der Waals surface area (Å²) >= 11 is 0. The highest BCUT2D eigenvalue weighted by atomic mass is 16.3. The molecule has 47 heavy (non-hydrogen) atoms. The van der Waals surface area contributed by atoms with Crippen molar-refractivity contribution in [2.75, 3.05) is 6.61 Å². The van der Waals surface area contributed by atoms with E-state index >= 15 is 0 Å². The molecule has 1 amide bonds. The number of aliphatic hydroxyl groups excluding tert-OH is 2. The molecule has 0 saturated heterocycles. The van der Waals surface area contributed by atoms with Gasteiger partial charge >= 0.3 is 0 Å². The average molecular weight is 664 g/mol. The van der Waals surface area contributed by atoms with Crippen LogP contribution in [0.1, 0.15) is 239 Å². The van der Waals surface area contributed by atoms with E-state index in [9.17, 15) is 15.0 Å². The Morgan fingerprint density at radius 3 is 1.11 bits per heavy atom. The Bertz CT molecular complexity index is 637. The molecule has 0 aliphatic heterocycles. The van der Waals surface area contributed by atoms with E-state index in [2.05, 4.69) is 19.2 Å². The largest absolute Gasteiger partial charge is 0.394 e. The Morgan fingerprint density at radius 1 is 0.489 bits per heavy atom. The van der Waals surface area contributed by atoms with Crippen LogP contribution in [-0.4, -0.2) is 34.9 Å². The van der Waals surface area contributed by atoms with Crippen LogP contribution in [0, 0.1) is 0 Å². The molecule has 0 aliphatic carbocycles. The van der Waals surface area contributed by atoms with Gasteiger partial charge in [0.15, 0.2) is 0 Å². The molecule has 0 aromatic heterocycles. The highest BCUT2D eigenvalue weighted by Gasteiger charge is 2.17. The van der Waals surface area contributed by atoms with E-state index in [1.165, 1.54) is 193 Å². The minimum Gasteiger partial charge on any atom is -0.394 e. The van der Waals surface area contributed by atoms with Gasteiger partial charge in [0.05, 0.1) is 18.8 Å². The lowest BCUT2D eigenvalue weighted by Gasteiger charge is -2.20. The fourth-order valence-corrected chi connectivity index (χ4v) is 6.71. The molecule has 2 unspecified atom stereocenters. The minimum absolute atomic E-state index is 0.0599. The van der Waals surface area contributed by atoms with Crippen molar-refractivity contribution in [2.24, 2.45) is 0 Å². The maximum atomic E-state index is 12.4. The normalized spacial score (nSPS) is 13.0. The van der Waals surface area contributed by atoms with Crippen LogP contribution in [0.15, 0.2) is 12.2 Å². The molecule has 0 aromatic rings. The SMILES string of the molecule is CCCCCCCCCCCCCCCCCC/C=C/C(O)C(CO)NC(=O)CCCCCCCCCCCCCCCCCCC. The summed E-state index contributed by atoms with van der Waals surface area (Å²) in [6.45, 7) is 4.33. The highest BCUT2D eigenvalue weighted by Crippen LogP contribution is 2.16. The topological polar surface area (TPSA) is 69.6 Å². The minimum atomic E-state index is -0.833. The molecule has 0 rings (SSSR count). The van der Waals surface area contributed by atoms with E-state index < -0.39 is 12.1 Å². The van der Waals surface area contributed by atoms with Crippen LogP contribution in [0.3, 0.4) is 0 Å². The van der Waals surface area contributed by atoms with Gasteiger partial charge in [0, 0.05) is 6.42 Å². The monoisotopic (exact) mass is 664 g/mol. The highest BCUT2D eigenvalue weighted by molar-refractivity contribution is 5.76. The number of allylic oxidation sites excluding steroid dienone is 1. The molecular formula is C43H85NO3. The number of nitrogens with one attached hydrogen (secondary N) is 1. The zero-order valence-electron chi connectivity index (χ0n) is 32.1. The second kappa shape index (κ2) is 39.6. The standard InChI is InChI=1S/C43H85NO3/c1-3-5-7-9-11-13-15-17-19-21-23-24-26-28-30-32-34-36-38-42(46)41(40-45)44-43(47)39-37-35-33-31-29-27-25-22-20-18-16-14-12-10-8-6-4-2/h36,38,41-42,45-46H,3-35,37,39-40H2,1-2H3,(H,44,47)/b38-36+. The Kier molecular flexibility index (Phi) is 38.8. The third kappa shape index (κ3) is 36.2. The van der Waals surface area contributed by atoms with Crippen LogP contribution in [0.2, 0.25) is 0 Å². The molecule has 3 N–H and O–H groups in total. The molecule has 280 valence electrons. The first-order valence-electron chi connectivity index (χ1n) is 21.4. The van der Waals surface area contributed by atoms with Crippen LogP contribution in [-0.2, 0) is 4.79 Å². The molecule has 4 nitrogen and oxygen atoms in total. The molecule has 0 fully saturated rings. The van der Waals surface area contributed by atoms with Crippen molar-refractivity contribution in [1.82, 2.24) is 5.32 Å². The first-order valence-corrected chi connectivity index (χ1v) is 21.4. The molecule has 0 saturated carbocycles. The van der Waals surface area contributed by atoms with Gasteiger partial charge < -0.3 is 15.5 Å². The van der Waals surface area contributed by atoms with Gasteiger partial charge in [-0.2, -0.15) is 0 Å². The number of amides is 1. The maximum Gasteiger partial charge on any atom is 0.220 e. The van der Waals surface area contributed by atoms with Gasteiger partial charge in [0.2, 0.25) is 5.91 Å². The predicted molar refractivity (Wildman–Crippen MR) is 207 cm³/mol. The molecule has 0 spiro atoms. The number of rotatable bonds is 39. The summed E-state index contributed by atoms with van der Waals surface area (Å²) in [5.74, 6) is -0.0599. The maximum absolute atomic E-state index is 12.4. The smallest absolute Gasteiger partial charge is 0.220 e. The zero-order chi connectivity index (χ0) is 34.3. The third-order valence-corrected chi connectivity index (χ3v) is 10.0. The van der Waals surface area contributed by atoms with Crippen LogP contribution in [0.25, 0.3) is 0 Å². The molecule has 0 aromatic carbocycles. The Balaban J connectivity index is 3.54. The summed E-state index contributed by atoms with van der Waals surface area (Å²) in [7, 11) is 0.